The molecule has 0 bridgehead atoms. The summed E-state index contributed by atoms with van der Waals surface area (Å²) < 4.78 is 0. The third kappa shape index (κ3) is 3.27. The van der Waals surface area contributed by atoms with Crippen molar-refractivity contribution in [2.45, 2.75) is 13.3 Å². The summed E-state index contributed by atoms with van der Waals surface area (Å²) in [6.07, 6.45) is 3.09. The molecule has 1 aliphatic rings. The molecule has 1 aliphatic heterocycles. The molecule has 2 N–H and O–H groups in total. The van der Waals surface area contributed by atoms with E-state index in [4.69, 9.17) is 0 Å². The van der Waals surface area contributed by atoms with Gasteiger partial charge in [-0.25, -0.2) is 0 Å². The molecule has 1 amide bonds. The molecule has 0 atom stereocenters. The molecule has 1 aromatic heterocycles. The normalized spacial score (nSPS) is 15.1. The smallest absolute Gasteiger partial charge is 0.261 e. The summed E-state index contributed by atoms with van der Waals surface area (Å²) in [5, 5.41) is 7.83. The van der Waals surface area contributed by atoms with Gasteiger partial charge in [-0.1, -0.05) is 11.6 Å². The van der Waals surface area contributed by atoms with E-state index in [0.717, 1.165) is 19.5 Å². The van der Waals surface area contributed by atoms with Crippen LogP contribution in [-0.2, 0) is 0 Å². The van der Waals surface area contributed by atoms with Crippen LogP contribution in [0.3, 0.4) is 0 Å². The van der Waals surface area contributed by atoms with Crippen LogP contribution in [0, 0.1) is 0 Å². The van der Waals surface area contributed by atoms with Crippen molar-refractivity contribution in [2.75, 3.05) is 19.6 Å². The lowest BCUT2D eigenvalue weighted by Crippen LogP contribution is -2.29. The maximum absolute atomic E-state index is 11.9. The molecular weight excluding hydrogens is 248 g/mol. The molecule has 1 aromatic rings. The average Bonchev–Trinajstić information content (AvgIpc) is 2.87. The van der Waals surface area contributed by atoms with Crippen LogP contribution in [-0.4, -0.2) is 31.3 Å². The Hall–Kier alpha value is -1.46. The molecule has 0 saturated heterocycles. The summed E-state index contributed by atoms with van der Waals surface area (Å²) in [6.45, 7) is 3.94. The Labute approximate surface area is 110 Å². The highest BCUT2D eigenvalue weighted by atomic mass is 32.1. The fourth-order valence-corrected chi connectivity index (χ4v) is 2.61. The quantitative estimate of drug-likeness (QED) is 0.641. The maximum Gasteiger partial charge on any atom is 0.261 e. The van der Waals surface area contributed by atoms with Crippen molar-refractivity contribution in [3.05, 3.63) is 33.5 Å². The number of thiophene rings is 1. The first kappa shape index (κ1) is 13.0. The van der Waals surface area contributed by atoms with Crippen LogP contribution in [0.25, 0.3) is 0 Å². The third-order valence-electron chi connectivity index (χ3n) is 2.86. The van der Waals surface area contributed by atoms with Crippen LogP contribution in [0.2, 0.25) is 0 Å². The Bertz CT molecular complexity index is 491. The standard InChI is InChI=1S/C13H16N2O2S/c1-9(16)11-6-12(18-8-11)13(17)15-7-10-2-4-14-5-3-10/h2,6,8,14H,3-5,7H2,1H3,(H,15,17). The number of hydrogen-bond donors (Lipinski definition) is 2. The largest absolute Gasteiger partial charge is 0.348 e. The first-order valence-electron chi connectivity index (χ1n) is 5.93. The van der Waals surface area contributed by atoms with Gasteiger partial charge in [-0.05, 0) is 26.0 Å². The Balaban J connectivity index is 1.90. The third-order valence-corrected chi connectivity index (χ3v) is 3.79. The van der Waals surface area contributed by atoms with Gasteiger partial charge in [-0.2, -0.15) is 0 Å². The number of hydrogen-bond acceptors (Lipinski definition) is 4. The first-order valence-corrected chi connectivity index (χ1v) is 6.81. The number of nitrogens with one attached hydrogen (secondary N) is 2. The minimum absolute atomic E-state index is 0.00800. The summed E-state index contributed by atoms with van der Waals surface area (Å²) in [6, 6.07) is 1.65. The van der Waals surface area contributed by atoms with Gasteiger partial charge in [0.05, 0.1) is 4.88 Å². The van der Waals surface area contributed by atoms with E-state index in [9.17, 15) is 9.59 Å². The van der Waals surface area contributed by atoms with Crippen molar-refractivity contribution in [2.24, 2.45) is 0 Å². The number of ketones is 1. The average molecular weight is 264 g/mol. The van der Waals surface area contributed by atoms with E-state index in [1.807, 2.05) is 0 Å². The highest BCUT2D eigenvalue weighted by molar-refractivity contribution is 7.12. The second-order valence-corrected chi connectivity index (χ2v) is 5.17. The molecule has 0 aliphatic carbocycles. The lowest BCUT2D eigenvalue weighted by atomic mass is 10.1. The summed E-state index contributed by atoms with van der Waals surface area (Å²) in [4.78, 5) is 23.6. The highest BCUT2D eigenvalue weighted by Crippen LogP contribution is 2.15. The molecule has 2 rings (SSSR count). The van der Waals surface area contributed by atoms with Crippen LogP contribution < -0.4 is 10.6 Å². The molecule has 5 heteroatoms. The predicted molar refractivity (Wildman–Crippen MR) is 72.2 cm³/mol. The Kier molecular flexibility index (Phi) is 4.28. The van der Waals surface area contributed by atoms with Gasteiger partial charge in [0.15, 0.2) is 5.78 Å². The number of rotatable bonds is 4. The van der Waals surface area contributed by atoms with Crippen molar-refractivity contribution in [1.29, 1.82) is 0 Å². The molecule has 0 saturated carbocycles. The number of carbonyl (C=O) groups excluding carboxylic acids is 2. The van der Waals surface area contributed by atoms with E-state index in [0.29, 0.717) is 17.0 Å². The topological polar surface area (TPSA) is 58.2 Å². The fourth-order valence-electron chi connectivity index (χ4n) is 1.75. The zero-order valence-electron chi connectivity index (χ0n) is 10.3. The molecule has 2 heterocycles. The number of Topliss-reactive ketones (excluding diaryl/α,β-unsaturated/α-hetero) is 1. The van der Waals surface area contributed by atoms with Gasteiger partial charge in [0.25, 0.3) is 5.91 Å². The van der Waals surface area contributed by atoms with E-state index in [1.54, 1.807) is 11.4 Å². The van der Waals surface area contributed by atoms with Crippen LogP contribution in [0.5, 0.6) is 0 Å². The second kappa shape index (κ2) is 5.93. The molecule has 0 fully saturated rings. The second-order valence-electron chi connectivity index (χ2n) is 4.25. The van der Waals surface area contributed by atoms with Gasteiger partial charge in [0.2, 0.25) is 0 Å². The maximum atomic E-state index is 11.9. The molecule has 18 heavy (non-hydrogen) atoms. The fraction of sp³-hybridized carbons (Fsp3) is 0.385. The van der Waals surface area contributed by atoms with Gasteiger partial charge in [0, 0.05) is 24.0 Å². The van der Waals surface area contributed by atoms with E-state index in [-0.39, 0.29) is 11.7 Å². The summed E-state index contributed by atoms with van der Waals surface area (Å²) in [5.74, 6) is -0.113. The lowest BCUT2D eigenvalue weighted by molar-refractivity contribution is 0.0960. The van der Waals surface area contributed by atoms with Crippen LogP contribution >= 0.6 is 11.3 Å². The number of carbonyl (C=O) groups is 2. The molecular formula is C13H16N2O2S. The van der Waals surface area contributed by atoms with Crippen LogP contribution in [0.1, 0.15) is 33.4 Å². The summed E-state index contributed by atoms with van der Waals surface area (Å²) >= 11 is 1.31. The molecule has 0 radical (unpaired) electrons. The summed E-state index contributed by atoms with van der Waals surface area (Å²) in [7, 11) is 0. The highest BCUT2D eigenvalue weighted by Gasteiger charge is 2.11. The van der Waals surface area contributed by atoms with Crippen molar-refractivity contribution < 1.29 is 9.59 Å². The van der Waals surface area contributed by atoms with Crippen molar-refractivity contribution in [3.63, 3.8) is 0 Å². The van der Waals surface area contributed by atoms with Gasteiger partial charge >= 0.3 is 0 Å². The van der Waals surface area contributed by atoms with Crippen LogP contribution in [0.4, 0.5) is 0 Å². The molecule has 0 spiro atoms. The molecule has 0 unspecified atom stereocenters. The zero-order chi connectivity index (χ0) is 13.0. The van der Waals surface area contributed by atoms with Gasteiger partial charge in [-0.15, -0.1) is 11.3 Å². The number of amides is 1. The molecule has 4 nitrogen and oxygen atoms in total. The molecule has 0 aromatic carbocycles. The minimum atomic E-state index is -0.105. The van der Waals surface area contributed by atoms with E-state index >= 15 is 0 Å². The monoisotopic (exact) mass is 264 g/mol. The molecule has 96 valence electrons. The van der Waals surface area contributed by atoms with Crippen LogP contribution in [0.15, 0.2) is 23.1 Å². The minimum Gasteiger partial charge on any atom is -0.348 e. The van der Waals surface area contributed by atoms with E-state index < -0.39 is 0 Å². The first-order chi connectivity index (χ1) is 8.66. The van der Waals surface area contributed by atoms with Gasteiger partial charge in [0.1, 0.15) is 0 Å². The Morgan fingerprint density at radius 2 is 2.33 bits per heavy atom. The van der Waals surface area contributed by atoms with E-state index in [1.165, 1.54) is 23.8 Å². The Morgan fingerprint density at radius 3 is 2.94 bits per heavy atom. The van der Waals surface area contributed by atoms with E-state index in [2.05, 4.69) is 16.7 Å². The lowest BCUT2D eigenvalue weighted by Gasteiger charge is -2.14. The Morgan fingerprint density at radius 1 is 1.50 bits per heavy atom. The van der Waals surface area contributed by atoms with Gasteiger partial charge < -0.3 is 10.6 Å². The predicted octanol–water partition coefficient (Wildman–Crippen LogP) is 1.60. The van der Waals surface area contributed by atoms with Crippen molar-refractivity contribution >= 4 is 23.0 Å². The van der Waals surface area contributed by atoms with Crippen molar-refractivity contribution in [1.82, 2.24) is 10.6 Å². The van der Waals surface area contributed by atoms with Crippen molar-refractivity contribution in [3.8, 4) is 0 Å². The van der Waals surface area contributed by atoms with Gasteiger partial charge in [-0.3, -0.25) is 9.59 Å². The summed E-state index contributed by atoms with van der Waals surface area (Å²) in [5.41, 5.74) is 1.86. The zero-order valence-corrected chi connectivity index (χ0v) is 11.1. The SMILES string of the molecule is CC(=O)c1csc(C(=O)NCC2=CCNCC2)c1.